The molecule has 5 rings (SSSR count). The molecule has 0 spiro atoms. The molecular formula is C27H34ClN7O4Si. The molecule has 2 unspecified atom stereocenters. The molecular weight excluding hydrogens is 550 g/mol. The van der Waals surface area contributed by atoms with Gasteiger partial charge in [-0.05, 0) is 43.5 Å². The quantitative estimate of drug-likeness (QED) is 0.189. The van der Waals surface area contributed by atoms with Gasteiger partial charge in [0.05, 0.1) is 17.3 Å². The van der Waals surface area contributed by atoms with Crippen LogP contribution in [0.5, 0.6) is 0 Å². The first-order valence-corrected chi connectivity index (χ1v) is 17.4. The predicted octanol–water partition coefficient (Wildman–Crippen LogP) is 4.87. The maximum atomic E-state index is 13.5. The summed E-state index contributed by atoms with van der Waals surface area (Å²) >= 11 is 6.20. The molecule has 3 aromatic heterocycles. The fourth-order valence-corrected chi connectivity index (χ4v) is 6.00. The van der Waals surface area contributed by atoms with Crippen molar-refractivity contribution in [2.45, 2.75) is 63.8 Å². The normalized spacial score (nSPS) is 17.5. The molecule has 1 aliphatic rings. The average molecular weight is 584 g/mol. The van der Waals surface area contributed by atoms with Gasteiger partial charge >= 0.3 is 6.09 Å². The van der Waals surface area contributed by atoms with E-state index in [4.69, 9.17) is 31.4 Å². The number of benzene rings is 1. The molecule has 3 N–H and O–H groups in total. The molecule has 1 fully saturated rings. The lowest BCUT2D eigenvalue weighted by molar-refractivity contribution is 0.0890. The fourth-order valence-electron chi connectivity index (χ4n) is 5.07. The number of aromatic nitrogens is 5. The Labute approximate surface area is 237 Å². The minimum atomic E-state index is -1.25. The monoisotopic (exact) mass is 583 g/mol. The number of hydrogen-bond donors (Lipinski definition) is 3. The van der Waals surface area contributed by atoms with Gasteiger partial charge in [0.25, 0.3) is 5.91 Å². The zero-order chi connectivity index (χ0) is 28.6. The molecule has 0 radical (unpaired) electrons. The van der Waals surface area contributed by atoms with Crippen LogP contribution >= 0.6 is 11.6 Å². The lowest BCUT2D eigenvalue weighted by Crippen LogP contribution is -2.36. The molecule has 11 nitrogen and oxygen atoms in total. The van der Waals surface area contributed by atoms with Crippen molar-refractivity contribution < 1.29 is 19.4 Å². The fraction of sp³-hybridized carbons (Fsp3) is 0.444. The van der Waals surface area contributed by atoms with Crippen molar-refractivity contribution in [3.63, 3.8) is 0 Å². The van der Waals surface area contributed by atoms with Crippen LogP contribution in [-0.2, 0) is 18.5 Å². The second kappa shape index (κ2) is 11.2. The summed E-state index contributed by atoms with van der Waals surface area (Å²) in [5.41, 5.74) is 3.43. The first-order chi connectivity index (χ1) is 19.0. The third-order valence-corrected chi connectivity index (χ3v) is 9.13. The number of carboxylic acid groups (broad SMARTS) is 1. The molecule has 0 saturated heterocycles. The summed E-state index contributed by atoms with van der Waals surface area (Å²) in [6, 6.07) is 6.26. The highest BCUT2D eigenvalue weighted by molar-refractivity contribution is 6.76. The zero-order valence-corrected chi connectivity index (χ0v) is 24.8. The Balaban J connectivity index is 1.47. The average Bonchev–Trinajstić information content (AvgIpc) is 3.56. The first kappa shape index (κ1) is 28.1. The number of halogens is 1. The standard InChI is InChI=1S/C27H34ClN7O4Si/c1-34-22-11-16(28)5-8-19(22)23(33-34)21-13-29-25-24(32-21)20(14-35(25)15-39-9-10-40(2,3)4)26(36)30-17-6-7-18(12-17)31-27(37)38/h5,8,11,13-14,17-18,31H,6-7,9-10,12,15H2,1-4H3,(H,30,36)(H,37,38). The molecule has 1 saturated carbocycles. The molecule has 1 aromatic carbocycles. The van der Waals surface area contributed by atoms with Gasteiger partial charge in [0.15, 0.2) is 5.65 Å². The number of nitrogens with zero attached hydrogens (tertiary/aromatic N) is 5. The maximum Gasteiger partial charge on any atom is 0.404 e. The van der Waals surface area contributed by atoms with Crippen molar-refractivity contribution in [3.8, 4) is 11.4 Å². The van der Waals surface area contributed by atoms with E-state index in [1.807, 2.05) is 29.8 Å². The van der Waals surface area contributed by atoms with E-state index in [1.54, 1.807) is 17.1 Å². The van der Waals surface area contributed by atoms with E-state index >= 15 is 0 Å². The minimum Gasteiger partial charge on any atom is -0.465 e. The molecule has 4 aromatic rings. The van der Waals surface area contributed by atoms with Crippen LogP contribution in [0.2, 0.25) is 30.7 Å². The van der Waals surface area contributed by atoms with E-state index in [1.165, 1.54) is 0 Å². The highest BCUT2D eigenvalue weighted by Gasteiger charge is 2.29. The van der Waals surface area contributed by atoms with E-state index in [2.05, 4.69) is 35.4 Å². The molecule has 40 heavy (non-hydrogen) atoms. The number of fused-ring (bicyclic) bond motifs is 2. The second-order valence-electron chi connectivity index (χ2n) is 11.6. The smallest absolute Gasteiger partial charge is 0.404 e. The van der Waals surface area contributed by atoms with Crippen molar-refractivity contribution in [3.05, 3.63) is 41.2 Å². The van der Waals surface area contributed by atoms with Gasteiger partial charge in [0.2, 0.25) is 0 Å². The van der Waals surface area contributed by atoms with Crippen LogP contribution in [0, 0.1) is 0 Å². The Hall–Kier alpha value is -3.48. The van der Waals surface area contributed by atoms with Crippen LogP contribution in [0.25, 0.3) is 33.5 Å². The summed E-state index contributed by atoms with van der Waals surface area (Å²) in [6.07, 6.45) is 4.24. The highest BCUT2D eigenvalue weighted by atomic mass is 35.5. The molecule has 212 valence electrons. The number of amides is 2. The maximum absolute atomic E-state index is 13.5. The summed E-state index contributed by atoms with van der Waals surface area (Å²) < 4.78 is 9.53. The van der Waals surface area contributed by atoms with Gasteiger partial charge in [-0.25, -0.2) is 14.8 Å². The third-order valence-electron chi connectivity index (χ3n) is 7.19. The SMILES string of the molecule is Cn1nc(-c2cnc3c(n2)c(C(=O)NC2CCC(NC(=O)O)C2)cn3COCC[Si](C)(C)C)c2ccc(Cl)cc21. The van der Waals surface area contributed by atoms with Crippen LogP contribution in [0.3, 0.4) is 0 Å². The highest BCUT2D eigenvalue weighted by Crippen LogP contribution is 2.30. The van der Waals surface area contributed by atoms with Crippen molar-refractivity contribution >= 4 is 53.7 Å². The molecule has 13 heteroatoms. The Kier molecular flexibility index (Phi) is 7.84. The lowest BCUT2D eigenvalue weighted by atomic mass is 10.1. The number of hydrogen-bond acceptors (Lipinski definition) is 6. The predicted molar refractivity (Wildman–Crippen MR) is 156 cm³/mol. The second-order valence-corrected chi connectivity index (χ2v) is 17.6. The van der Waals surface area contributed by atoms with Crippen LogP contribution < -0.4 is 10.6 Å². The van der Waals surface area contributed by atoms with E-state index in [0.717, 1.165) is 16.9 Å². The Morgan fingerprint density at radius 1 is 1.20 bits per heavy atom. The minimum absolute atomic E-state index is 0.142. The molecule has 0 bridgehead atoms. The molecule has 1 aliphatic carbocycles. The Morgan fingerprint density at radius 2 is 1.95 bits per heavy atom. The van der Waals surface area contributed by atoms with Crippen molar-refractivity contribution in [1.82, 2.24) is 34.9 Å². The van der Waals surface area contributed by atoms with Gasteiger partial charge in [0.1, 0.15) is 23.6 Å². The summed E-state index contributed by atoms with van der Waals surface area (Å²) in [5.74, 6) is -0.282. The Morgan fingerprint density at radius 3 is 2.67 bits per heavy atom. The number of ether oxygens (including phenoxy) is 1. The molecule has 2 atom stereocenters. The number of carbonyl (C=O) groups is 2. The van der Waals surface area contributed by atoms with E-state index in [9.17, 15) is 9.59 Å². The van der Waals surface area contributed by atoms with Gasteiger partial charge in [-0.2, -0.15) is 5.10 Å². The Bertz CT molecular complexity index is 1580. The van der Waals surface area contributed by atoms with Crippen molar-refractivity contribution in [2.75, 3.05) is 6.61 Å². The van der Waals surface area contributed by atoms with Gasteiger partial charge in [-0.1, -0.05) is 31.2 Å². The summed E-state index contributed by atoms with van der Waals surface area (Å²) in [4.78, 5) is 34.1. The molecule has 3 heterocycles. The van der Waals surface area contributed by atoms with E-state index in [-0.39, 0.29) is 24.7 Å². The van der Waals surface area contributed by atoms with Crippen LogP contribution in [0.4, 0.5) is 4.79 Å². The summed E-state index contributed by atoms with van der Waals surface area (Å²) in [7, 11) is 0.589. The van der Waals surface area contributed by atoms with Crippen LogP contribution in [-0.4, -0.2) is 68.2 Å². The first-order valence-electron chi connectivity index (χ1n) is 13.3. The van der Waals surface area contributed by atoms with E-state index in [0.29, 0.717) is 59.0 Å². The summed E-state index contributed by atoms with van der Waals surface area (Å²) in [6.45, 7) is 7.77. The third kappa shape index (κ3) is 6.13. The number of carbonyl (C=O) groups excluding carboxylic acids is 1. The lowest BCUT2D eigenvalue weighted by Gasteiger charge is -2.15. The van der Waals surface area contributed by atoms with Crippen LogP contribution in [0.1, 0.15) is 29.6 Å². The van der Waals surface area contributed by atoms with E-state index < -0.39 is 14.2 Å². The van der Waals surface area contributed by atoms with Crippen molar-refractivity contribution in [2.24, 2.45) is 7.05 Å². The largest absolute Gasteiger partial charge is 0.465 e. The van der Waals surface area contributed by atoms with Gasteiger partial charge in [-0.3, -0.25) is 9.48 Å². The zero-order valence-electron chi connectivity index (χ0n) is 23.1. The van der Waals surface area contributed by atoms with Gasteiger partial charge in [-0.15, -0.1) is 0 Å². The van der Waals surface area contributed by atoms with Gasteiger partial charge in [0, 0.05) is 50.4 Å². The van der Waals surface area contributed by atoms with Gasteiger partial charge < -0.3 is 25.0 Å². The number of rotatable bonds is 9. The molecule has 2 amide bonds. The topological polar surface area (TPSA) is 136 Å². The summed E-state index contributed by atoms with van der Waals surface area (Å²) in [5, 5.41) is 20.8. The number of nitrogens with one attached hydrogen (secondary N) is 2. The molecule has 0 aliphatic heterocycles. The number of aryl methyl sites for hydroxylation is 1. The van der Waals surface area contributed by atoms with Crippen LogP contribution in [0.15, 0.2) is 30.6 Å². The van der Waals surface area contributed by atoms with Crippen molar-refractivity contribution in [1.29, 1.82) is 0 Å².